The predicted molar refractivity (Wildman–Crippen MR) is 76.3 cm³/mol. The zero-order chi connectivity index (χ0) is 13.1. The predicted octanol–water partition coefficient (Wildman–Crippen LogP) is 1.75. The standard InChI is InChI=1S/C15H24N4/c1-19-9-3-5-13(11-19)14-6-8-17-15(18-14)12-4-2-7-16-10-12/h6,8,12-13,16H,2-5,7,9-11H2,1H3. The topological polar surface area (TPSA) is 41.1 Å². The molecule has 1 N–H and O–H groups in total. The van der Waals surface area contributed by atoms with Crippen molar-refractivity contribution in [3.05, 3.63) is 23.8 Å². The van der Waals surface area contributed by atoms with Crippen molar-refractivity contribution in [2.75, 3.05) is 33.2 Å². The van der Waals surface area contributed by atoms with Gasteiger partial charge >= 0.3 is 0 Å². The second kappa shape index (κ2) is 5.97. The summed E-state index contributed by atoms with van der Waals surface area (Å²) in [6.07, 6.45) is 6.97. The Morgan fingerprint density at radius 1 is 1.26 bits per heavy atom. The van der Waals surface area contributed by atoms with Gasteiger partial charge in [0.25, 0.3) is 0 Å². The number of aromatic nitrogens is 2. The highest BCUT2D eigenvalue weighted by Gasteiger charge is 2.22. The maximum Gasteiger partial charge on any atom is 0.132 e. The largest absolute Gasteiger partial charge is 0.316 e. The molecule has 0 spiro atoms. The highest BCUT2D eigenvalue weighted by molar-refractivity contribution is 5.12. The van der Waals surface area contributed by atoms with Gasteiger partial charge in [-0.15, -0.1) is 0 Å². The van der Waals surface area contributed by atoms with Crippen LogP contribution in [0, 0.1) is 0 Å². The average Bonchev–Trinajstić information content (AvgIpc) is 2.48. The third kappa shape index (κ3) is 3.12. The smallest absolute Gasteiger partial charge is 0.132 e. The molecule has 1 aromatic heterocycles. The van der Waals surface area contributed by atoms with Crippen molar-refractivity contribution in [1.29, 1.82) is 0 Å². The molecule has 0 bridgehead atoms. The summed E-state index contributed by atoms with van der Waals surface area (Å²) in [4.78, 5) is 11.8. The number of nitrogens with zero attached hydrogens (tertiary/aromatic N) is 3. The highest BCUT2D eigenvalue weighted by atomic mass is 15.1. The third-order valence-electron chi connectivity index (χ3n) is 4.40. The molecule has 0 aliphatic carbocycles. The molecule has 0 amide bonds. The molecule has 104 valence electrons. The monoisotopic (exact) mass is 260 g/mol. The molecule has 2 unspecified atom stereocenters. The van der Waals surface area contributed by atoms with E-state index in [0.717, 1.165) is 25.5 Å². The second-order valence-electron chi connectivity index (χ2n) is 5.98. The van der Waals surface area contributed by atoms with Gasteiger partial charge in [0.2, 0.25) is 0 Å². The minimum absolute atomic E-state index is 0.509. The summed E-state index contributed by atoms with van der Waals surface area (Å²) in [7, 11) is 2.21. The van der Waals surface area contributed by atoms with Crippen LogP contribution in [0.3, 0.4) is 0 Å². The molecule has 2 fully saturated rings. The Labute approximate surface area is 115 Å². The van der Waals surface area contributed by atoms with Gasteiger partial charge in [0.15, 0.2) is 0 Å². The Hall–Kier alpha value is -1.00. The van der Waals surface area contributed by atoms with Crippen molar-refractivity contribution in [2.45, 2.75) is 37.5 Å². The van der Waals surface area contributed by atoms with Crippen LogP contribution < -0.4 is 5.32 Å². The number of hydrogen-bond donors (Lipinski definition) is 1. The minimum atomic E-state index is 0.509. The molecule has 19 heavy (non-hydrogen) atoms. The van der Waals surface area contributed by atoms with E-state index in [1.54, 1.807) is 0 Å². The summed E-state index contributed by atoms with van der Waals surface area (Å²) in [5.74, 6) is 2.16. The fourth-order valence-corrected chi connectivity index (χ4v) is 3.29. The molecule has 2 aliphatic heterocycles. The Kier molecular flexibility index (Phi) is 4.09. The summed E-state index contributed by atoms with van der Waals surface area (Å²) in [5.41, 5.74) is 1.25. The molecule has 3 rings (SSSR count). The molecule has 1 aromatic rings. The van der Waals surface area contributed by atoms with Gasteiger partial charge in [-0.1, -0.05) is 0 Å². The Bertz CT molecular complexity index is 414. The molecule has 2 aliphatic rings. The van der Waals surface area contributed by atoms with Crippen molar-refractivity contribution in [3.63, 3.8) is 0 Å². The highest BCUT2D eigenvalue weighted by Crippen LogP contribution is 2.26. The SMILES string of the molecule is CN1CCCC(c2ccnc(C3CCCNC3)n2)C1. The van der Waals surface area contributed by atoms with E-state index >= 15 is 0 Å². The van der Waals surface area contributed by atoms with Crippen molar-refractivity contribution >= 4 is 0 Å². The fourth-order valence-electron chi connectivity index (χ4n) is 3.29. The first-order chi connectivity index (χ1) is 9.33. The van der Waals surface area contributed by atoms with Gasteiger partial charge in [-0.2, -0.15) is 0 Å². The first-order valence-electron chi connectivity index (χ1n) is 7.55. The van der Waals surface area contributed by atoms with E-state index in [1.165, 1.54) is 37.9 Å². The lowest BCUT2D eigenvalue weighted by molar-refractivity contribution is 0.248. The van der Waals surface area contributed by atoms with Crippen molar-refractivity contribution in [1.82, 2.24) is 20.2 Å². The summed E-state index contributed by atoms with van der Waals surface area (Å²) in [5, 5.41) is 3.45. The van der Waals surface area contributed by atoms with Crippen LogP contribution >= 0.6 is 0 Å². The number of piperidine rings is 2. The lowest BCUT2D eigenvalue weighted by Crippen LogP contribution is -2.32. The molecule has 3 heterocycles. The lowest BCUT2D eigenvalue weighted by Gasteiger charge is -2.29. The lowest BCUT2D eigenvalue weighted by atomic mass is 9.94. The van der Waals surface area contributed by atoms with Crippen LogP contribution in [0.15, 0.2) is 12.3 Å². The van der Waals surface area contributed by atoms with Crippen LogP contribution in [-0.2, 0) is 0 Å². The molecular weight excluding hydrogens is 236 g/mol. The maximum atomic E-state index is 4.88. The van der Waals surface area contributed by atoms with E-state index in [4.69, 9.17) is 4.98 Å². The molecule has 2 saturated heterocycles. The van der Waals surface area contributed by atoms with Crippen LogP contribution in [0.25, 0.3) is 0 Å². The number of nitrogens with one attached hydrogen (secondary N) is 1. The summed E-state index contributed by atoms with van der Waals surface area (Å²) < 4.78 is 0. The van der Waals surface area contributed by atoms with Gasteiger partial charge in [-0.25, -0.2) is 9.97 Å². The van der Waals surface area contributed by atoms with Crippen LogP contribution in [0.4, 0.5) is 0 Å². The van der Waals surface area contributed by atoms with Gasteiger partial charge in [0.05, 0.1) is 0 Å². The number of likely N-dealkylation sites (tertiary alicyclic amines) is 1. The molecule has 0 saturated carbocycles. The van der Waals surface area contributed by atoms with E-state index in [2.05, 4.69) is 28.3 Å². The van der Waals surface area contributed by atoms with Crippen molar-refractivity contribution < 1.29 is 0 Å². The summed E-state index contributed by atoms with van der Waals surface area (Å²) in [6, 6.07) is 2.11. The first-order valence-corrected chi connectivity index (χ1v) is 7.55. The van der Waals surface area contributed by atoms with E-state index < -0.39 is 0 Å². The average molecular weight is 260 g/mol. The molecule has 4 nitrogen and oxygen atoms in total. The summed E-state index contributed by atoms with van der Waals surface area (Å²) in [6.45, 7) is 4.54. The maximum absolute atomic E-state index is 4.88. The molecular formula is C15H24N4. The number of likely N-dealkylation sites (N-methyl/N-ethyl adjacent to an activating group) is 1. The van der Waals surface area contributed by atoms with Gasteiger partial charge < -0.3 is 10.2 Å². The van der Waals surface area contributed by atoms with Gasteiger partial charge in [-0.05, 0) is 51.9 Å². The van der Waals surface area contributed by atoms with Crippen LogP contribution in [0.5, 0.6) is 0 Å². The molecule has 4 heteroatoms. The van der Waals surface area contributed by atoms with E-state index in [1.807, 2.05) is 6.20 Å². The Balaban J connectivity index is 1.75. The van der Waals surface area contributed by atoms with Gasteiger partial charge in [-0.3, -0.25) is 0 Å². The molecule has 0 radical (unpaired) electrons. The third-order valence-corrected chi connectivity index (χ3v) is 4.40. The number of hydrogen-bond acceptors (Lipinski definition) is 4. The van der Waals surface area contributed by atoms with E-state index in [9.17, 15) is 0 Å². The normalized spacial score (nSPS) is 29.3. The summed E-state index contributed by atoms with van der Waals surface area (Å²) >= 11 is 0. The second-order valence-corrected chi connectivity index (χ2v) is 5.98. The Morgan fingerprint density at radius 2 is 2.16 bits per heavy atom. The molecule has 0 aromatic carbocycles. The fraction of sp³-hybridized carbons (Fsp3) is 0.733. The quantitative estimate of drug-likeness (QED) is 0.879. The Morgan fingerprint density at radius 3 is 2.95 bits per heavy atom. The molecule has 2 atom stereocenters. The number of rotatable bonds is 2. The zero-order valence-corrected chi connectivity index (χ0v) is 11.8. The van der Waals surface area contributed by atoms with Gasteiger partial charge in [0.1, 0.15) is 5.82 Å². The first kappa shape index (κ1) is 13.0. The van der Waals surface area contributed by atoms with E-state index in [0.29, 0.717) is 11.8 Å². The van der Waals surface area contributed by atoms with Crippen molar-refractivity contribution in [2.24, 2.45) is 0 Å². The van der Waals surface area contributed by atoms with Crippen LogP contribution in [0.1, 0.15) is 49.0 Å². The van der Waals surface area contributed by atoms with E-state index in [-0.39, 0.29) is 0 Å². The van der Waals surface area contributed by atoms with Crippen molar-refractivity contribution in [3.8, 4) is 0 Å². The van der Waals surface area contributed by atoms with Crippen LogP contribution in [0.2, 0.25) is 0 Å². The van der Waals surface area contributed by atoms with Crippen LogP contribution in [-0.4, -0.2) is 48.1 Å². The van der Waals surface area contributed by atoms with Gasteiger partial charge in [0, 0.05) is 36.8 Å². The zero-order valence-electron chi connectivity index (χ0n) is 11.8. The minimum Gasteiger partial charge on any atom is -0.316 e.